The molecule has 0 bridgehead atoms. The van der Waals surface area contributed by atoms with E-state index in [2.05, 4.69) is 21.9 Å². The van der Waals surface area contributed by atoms with E-state index in [1.165, 1.54) is 0 Å². The van der Waals surface area contributed by atoms with E-state index in [4.69, 9.17) is 17.3 Å². The number of nitrogens with zero attached hydrogens (tertiary/aromatic N) is 2. The van der Waals surface area contributed by atoms with Gasteiger partial charge in [-0.05, 0) is 12.1 Å². The number of halogens is 1. The fraction of sp³-hybridized carbons (Fsp3) is 0.429. The van der Waals surface area contributed by atoms with Crippen molar-refractivity contribution in [3.63, 3.8) is 0 Å². The van der Waals surface area contributed by atoms with Crippen molar-refractivity contribution in [1.82, 2.24) is 4.90 Å². The quantitative estimate of drug-likeness (QED) is 0.845. The highest BCUT2D eigenvalue weighted by molar-refractivity contribution is 6.33. The van der Waals surface area contributed by atoms with E-state index in [9.17, 15) is 0 Å². The number of hydrogen-bond donors (Lipinski definition) is 1. The number of nitrogens with two attached hydrogens (primary N) is 1. The average molecular weight is 266 g/mol. The highest BCUT2D eigenvalue weighted by atomic mass is 35.5. The SMILES string of the molecule is NCC=CCN1CCN(c2ccccc2Cl)CC1. The van der Waals surface area contributed by atoms with Crippen LogP contribution in [-0.2, 0) is 0 Å². The summed E-state index contributed by atoms with van der Waals surface area (Å²) in [5.74, 6) is 0. The van der Waals surface area contributed by atoms with Crippen LogP contribution in [0.25, 0.3) is 0 Å². The Balaban J connectivity index is 1.87. The van der Waals surface area contributed by atoms with Gasteiger partial charge in [-0.3, -0.25) is 4.90 Å². The van der Waals surface area contributed by atoms with Crippen LogP contribution in [-0.4, -0.2) is 44.2 Å². The van der Waals surface area contributed by atoms with Crippen molar-refractivity contribution >= 4 is 17.3 Å². The van der Waals surface area contributed by atoms with Crippen LogP contribution in [0.4, 0.5) is 5.69 Å². The van der Waals surface area contributed by atoms with Crippen molar-refractivity contribution in [2.75, 3.05) is 44.2 Å². The van der Waals surface area contributed by atoms with Gasteiger partial charge in [-0.1, -0.05) is 35.9 Å². The second-order valence-corrected chi connectivity index (χ2v) is 4.85. The molecule has 2 rings (SSSR count). The number of benzene rings is 1. The number of rotatable bonds is 4. The van der Waals surface area contributed by atoms with Crippen molar-refractivity contribution in [3.05, 3.63) is 41.4 Å². The van der Waals surface area contributed by atoms with Gasteiger partial charge in [0.1, 0.15) is 0 Å². The summed E-state index contributed by atoms with van der Waals surface area (Å²) in [4.78, 5) is 4.78. The Morgan fingerprint density at radius 3 is 2.50 bits per heavy atom. The second kappa shape index (κ2) is 6.78. The van der Waals surface area contributed by atoms with Crippen LogP contribution in [0.3, 0.4) is 0 Å². The Morgan fingerprint density at radius 2 is 1.83 bits per heavy atom. The van der Waals surface area contributed by atoms with Gasteiger partial charge in [0.2, 0.25) is 0 Å². The number of anilines is 1. The highest BCUT2D eigenvalue weighted by Gasteiger charge is 2.17. The van der Waals surface area contributed by atoms with Gasteiger partial charge in [-0.25, -0.2) is 0 Å². The predicted molar refractivity (Wildman–Crippen MR) is 78.3 cm³/mol. The van der Waals surface area contributed by atoms with E-state index in [1.807, 2.05) is 24.3 Å². The van der Waals surface area contributed by atoms with Crippen LogP contribution in [0.1, 0.15) is 0 Å². The lowest BCUT2D eigenvalue weighted by Gasteiger charge is -2.36. The first-order valence-electron chi connectivity index (χ1n) is 6.38. The van der Waals surface area contributed by atoms with Gasteiger partial charge in [-0.15, -0.1) is 0 Å². The van der Waals surface area contributed by atoms with Crippen LogP contribution >= 0.6 is 11.6 Å². The molecule has 1 fully saturated rings. The maximum Gasteiger partial charge on any atom is 0.0639 e. The summed E-state index contributed by atoms with van der Waals surface area (Å²) in [7, 11) is 0. The molecule has 0 spiro atoms. The molecular formula is C14H20ClN3. The summed E-state index contributed by atoms with van der Waals surface area (Å²) in [6.07, 6.45) is 4.16. The monoisotopic (exact) mass is 265 g/mol. The molecule has 0 amide bonds. The maximum absolute atomic E-state index is 6.22. The molecule has 0 radical (unpaired) electrons. The third kappa shape index (κ3) is 3.48. The molecule has 4 heteroatoms. The van der Waals surface area contributed by atoms with Gasteiger partial charge < -0.3 is 10.6 Å². The third-order valence-electron chi connectivity index (χ3n) is 3.23. The molecule has 2 N–H and O–H groups in total. The Hall–Kier alpha value is -1.03. The zero-order chi connectivity index (χ0) is 12.8. The molecule has 98 valence electrons. The van der Waals surface area contributed by atoms with E-state index in [0.29, 0.717) is 6.54 Å². The van der Waals surface area contributed by atoms with Gasteiger partial charge >= 0.3 is 0 Å². The first-order chi connectivity index (χ1) is 8.81. The molecule has 0 saturated carbocycles. The van der Waals surface area contributed by atoms with E-state index in [-0.39, 0.29) is 0 Å². The fourth-order valence-corrected chi connectivity index (χ4v) is 2.45. The molecule has 1 aromatic carbocycles. The van der Waals surface area contributed by atoms with Gasteiger partial charge in [0, 0.05) is 39.3 Å². The maximum atomic E-state index is 6.22. The van der Waals surface area contributed by atoms with Crippen LogP contribution in [0.15, 0.2) is 36.4 Å². The molecular weight excluding hydrogens is 246 g/mol. The minimum Gasteiger partial charge on any atom is -0.368 e. The molecule has 0 unspecified atom stereocenters. The Kier molecular flexibility index (Phi) is 5.05. The van der Waals surface area contributed by atoms with E-state index >= 15 is 0 Å². The topological polar surface area (TPSA) is 32.5 Å². The molecule has 3 nitrogen and oxygen atoms in total. The minimum absolute atomic E-state index is 0.625. The van der Waals surface area contributed by atoms with Gasteiger partial charge in [0.25, 0.3) is 0 Å². The lowest BCUT2D eigenvalue weighted by Crippen LogP contribution is -2.46. The number of piperazine rings is 1. The van der Waals surface area contributed by atoms with E-state index in [0.717, 1.165) is 43.4 Å². The van der Waals surface area contributed by atoms with Crippen LogP contribution in [0.5, 0.6) is 0 Å². The molecule has 1 saturated heterocycles. The molecule has 0 atom stereocenters. The summed E-state index contributed by atoms with van der Waals surface area (Å²) in [5.41, 5.74) is 6.58. The normalized spacial score (nSPS) is 17.6. The van der Waals surface area contributed by atoms with Crippen LogP contribution in [0, 0.1) is 0 Å². The van der Waals surface area contributed by atoms with Crippen LogP contribution in [0.2, 0.25) is 5.02 Å². The zero-order valence-corrected chi connectivity index (χ0v) is 11.3. The summed E-state index contributed by atoms with van der Waals surface area (Å²) in [5, 5.41) is 0.842. The summed E-state index contributed by atoms with van der Waals surface area (Å²) in [6.45, 7) is 5.81. The van der Waals surface area contributed by atoms with E-state index in [1.54, 1.807) is 0 Å². The lowest BCUT2D eigenvalue weighted by molar-refractivity contribution is 0.284. The van der Waals surface area contributed by atoms with E-state index < -0.39 is 0 Å². The zero-order valence-electron chi connectivity index (χ0n) is 10.6. The Labute approximate surface area is 114 Å². The van der Waals surface area contributed by atoms with Crippen molar-refractivity contribution < 1.29 is 0 Å². The molecule has 1 aliphatic heterocycles. The van der Waals surface area contributed by atoms with Gasteiger partial charge in [0.15, 0.2) is 0 Å². The second-order valence-electron chi connectivity index (χ2n) is 4.45. The first-order valence-corrected chi connectivity index (χ1v) is 6.76. The average Bonchev–Trinajstić information content (AvgIpc) is 2.41. The van der Waals surface area contributed by atoms with Crippen molar-refractivity contribution in [2.24, 2.45) is 5.73 Å². The fourth-order valence-electron chi connectivity index (χ4n) is 2.20. The van der Waals surface area contributed by atoms with Gasteiger partial charge in [-0.2, -0.15) is 0 Å². The predicted octanol–water partition coefficient (Wildman–Crippen LogP) is 1.98. The van der Waals surface area contributed by atoms with Crippen molar-refractivity contribution in [2.45, 2.75) is 0 Å². The van der Waals surface area contributed by atoms with Crippen molar-refractivity contribution in [1.29, 1.82) is 0 Å². The number of para-hydroxylation sites is 1. The Morgan fingerprint density at radius 1 is 1.11 bits per heavy atom. The lowest BCUT2D eigenvalue weighted by atomic mass is 10.2. The van der Waals surface area contributed by atoms with Crippen molar-refractivity contribution in [3.8, 4) is 0 Å². The standard InChI is InChI=1S/C14H20ClN3/c15-13-5-1-2-6-14(13)18-11-9-17(10-12-18)8-4-3-7-16/h1-6H,7-12,16H2. The molecule has 1 aromatic rings. The molecule has 0 aromatic heterocycles. The smallest absolute Gasteiger partial charge is 0.0639 e. The van der Waals surface area contributed by atoms with Gasteiger partial charge in [0.05, 0.1) is 10.7 Å². The van der Waals surface area contributed by atoms with Crippen LogP contribution < -0.4 is 10.6 Å². The number of hydrogen-bond acceptors (Lipinski definition) is 3. The third-order valence-corrected chi connectivity index (χ3v) is 3.55. The molecule has 0 aliphatic carbocycles. The molecule has 1 heterocycles. The largest absolute Gasteiger partial charge is 0.368 e. The highest BCUT2D eigenvalue weighted by Crippen LogP contribution is 2.25. The summed E-state index contributed by atoms with van der Waals surface area (Å²) >= 11 is 6.22. The molecule has 18 heavy (non-hydrogen) atoms. The first kappa shape index (κ1) is 13.4. The molecule has 1 aliphatic rings. The minimum atomic E-state index is 0.625. The summed E-state index contributed by atoms with van der Waals surface area (Å²) < 4.78 is 0. The Bertz CT molecular complexity index is 398. The summed E-state index contributed by atoms with van der Waals surface area (Å²) in [6, 6.07) is 8.05.